The number of carbonyl (C=O) groups is 1. The van der Waals surface area contributed by atoms with Gasteiger partial charge in [-0.1, -0.05) is 36.4 Å². The molecule has 1 aliphatic rings. The second kappa shape index (κ2) is 11.7. The summed E-state index contributed by atoms with van der Waals surface area (Å²) < 4.78 is 11.5. The second-order valence-corrected chi connectivity index (χ2v) is 7.63. The summed E-state index contributed by atoms with van der Waals surface area (Å²) in [7, 11) is 3.65. The molecule has 7 nitrogen and oxygen atoms in total. The Morgan fingerprint density at radius 2 is 1.77 bits per heavy atom. The summed E-state index contributed by atoms with van der Waals surface area (Å²) in [4.78, 5) is 14.9. The van der Waals surface area contributed by atoms with E-state index < -0.39 is 6.10 Å². The van der Waals surface area contributed by atoms with Crippen LogP contribution in [0.2, 0.25) is 0 Å². The number of hydrogen-bond acceptors (Lipinski definition) is 5. The number of amides is 1. The highest BCUT2D eigenvalue weighted by Crippen LogP contribution is 2.23. The number of benzene rings is 2. The van der Waals surface area contributed by atoms with Crippen molar-refractivity contribution < 1.29 is 14.3 Å². The molecule has 0 radical (unpaired) electrons. The van der Waals surface area contributed by atoms with Crippen molar-refractivity contribution in [3.63, 3.8) is 0 Å². The molecular formula is C23H31ClN4O3. The Balaban J connectivity index is 0.00000341. The van der Waals surface area contributed by atoms with Gasteiger partial charge >= 0.3 is 0 Å². The summed E-state index contributed by atoms with van der Waals surface area (Å²) in [5.41, 5.74) is 7.81. The van der Waals surface area contributed by atoms with Crippen molar-refractivity contribution in [2.75, 3.05) is 27.2 Å². The summed E-state index contributed by atoms with van der Waals surface area (Å²) in [6.07, 6.45) is 1.59. The number of piperidine rings is 1. The first-order valence-electron chi connectivity index (χ1n) is 10.1. The number of methoxy groups -OCH3 is 1. The van der Waals surface area contributed by atoms with Gasteiger partial charge in [-0.05, 0) is 43.1 Å². The third kappa shape index (κ3) is 6.95. The summed E-state index contributed by atoms with van der Waals surface area (Å²) in [5, 5.41) is 10.3. The molecule has 2 aromatic carbocycles. The molecule has 3 rings (SSSR count). The Labute approximate surface area is 189 Å². The fourth-order valence-corrected chi connectivity index (χ4v) is 3.49. The first kappa shape index (κ1) is 24.7. The van der Waals surface area contributed by atoms with E-state index >= 15 is 0 Å². The molecule has 1 amide bonds. The number of nitrogens with one attached hydrogen (secondary N) is 2. The molecule has 0 aliphatic carbocycles. The van der Waals surface area contributed by atoms with Crippen LogP contribution in [0.3, 0.4) is 0 Å². The number of nitrogen functional groups attached to an aromatic ring is 1. The maximum Gasteiger partial charge on any atom is 0.254 e. The highest BCUT2D eigenvalue weighted by Gasteiger charge is 2.21. The molecule has 1 heterocycles. The quantitative estimate of drug-likeness (QED) is 0.427. The predicted octanol–water partition coefficient (Wildman–Crippen LogP) is 2.87. The van der Waals surface area contributed by atoms with E-state index in [1.54, 1.807) is 12.1 Å². The van der Waals surface area contributed by atoms with Crippen LogP contribution in [0.25, 0.3) is 0 Å². The Kier molecular flexibility index (Phi) is 9.30. The number of nitrogens with two attached hydrogens (primary N) is 1. The van der Waals surface area contributed by atoms with Gasteiger partial charge in [0.15, 0.2) is 6.10 Å². The summed E-state index contributed by atoms with van der Waals surface area (Å²) in [6.45, 7) is 2.46. The number of rotatable bonds is 8. The van der Waals surface area contributed by atoms with E-state index in [0.717, 1.165) is 42.8 Å². The van der Waals surface area contributed by atoms with Crippen molar-refractivity contribution in [2.24, 2.45) is 5.73 Å². The van der Waals surface area contributed by atoms with E-state index in [4.69, 9.17) is 20.6 Å². The van der Waals surface area contributed by atoms with Gasteiger partial charge in [0.05, 0.1) is 0 Å². The molecule has 4 N–H and O–H groups in total. The van der Waals surface area contributed by atoms with E-state index in [1.807, 2.05) is 36.4 Å². The minimum absolute atomic E-state index is 0. The molecule has 1 saturated heterocycles. The van der Waals surface area contributed by atoms with Gasteiger partial charge in [-0.25, -0.2) is 0 Å². The number of ether oxygens (including phenoxy) is 2. The molecule has 0 bridgehead atoms. The summed E-state index contributed by atoms with van der Waals surface area (Å²) in [5.74, 6) is 0.625. The Hall–Kier alpha value is -2.61. The van der Waals surface area contributed by atoms with Crippen molar-refractivity contribution >= 4 is 24.1 Å². The fourth-order valence-electron chi connectivity index (χ4n) is 3.49. The fraction of sp³-hybridized carbons (Fsp3) is 0.391. The largest absolute Gasteiger partial charge is 0.490 e. The van der Waals surface area contributed by atoms with Crippen LogP contribution in [0.4, 0.5) is 0 Å². The van der Waals surface area contributed by atoms with Gasteiger partial charge in [0.2, 0.25) is 0 Å². The van der Waals surface area contributed by atoms with Gasteiger partial charge in [-0.2, -0.15) is 0 Å². The molecule has 0 spiro atoms. The Morgan fingerprint density at radius 1 is 1.16 bits per heavy atom. The van der Waals surface area contributed by atoms with Gasteiger partial charge in [0.25, 0.3) is 5.91 Å². The maximum atomic E-state index is 12.6. The molecule has 0 unspecified atom stereocenters. The lowest BCUT2D eigenvalue weighted by molar-refractivity contribution is -0.131. The van der Waals surface area contributed by atoms with Crippen LogP contribution in [0.5, 0.6) is 5.75 Å². The van der Waals surface area contributed by atoms with Crippen LogP contribution in [0.1, 0.15) is 35.6 Å². The van der Waals surface area contributed by atoms with Gasteiger partial charge in [0.1, 0.15) is 17.7 Å². The highest BCUT2D eigenvalue weighted by atomic mass is 35.5. The molecular weight excluding hydrogens is 416 g/mol. The van der Waals surface area contributed by atoms with Crippen molar-refractivity contribution in [1.82, 2.24) is 10.2 Å². The van der Waals surface area contributed by atoms with Crippen LogP contribution < -0.4 is 15.8 Å². The predicted molar refractivity (Wildman–Crippen MR) is 124 cm³/mol. The number of amidine groups is 1. The molecule has 1 atom stereocenters. The van der Waals surface area contributed by atoms with E-state index in [1.165, 1.54) is 7.11 Å². The topological polar surface area (TPSA) is 101 Å². The van der Waals surface area contributed by atoms with Gasteiger partial charge in [-0.15, -0.1) is 12.4 Å². The first-order valence-corrected chi connectivity index (χ1v) is 10.1. The normalized spacial score (nSPS) is 15.5. The van der Waals surface area contributed by atoms with Crippen molar-refractivity contribution in [1.29, 1.82) is 5.41 Å². The summed E-state index contributed by atoms with van der Waals surface area (Å²) >= 11 is 0. The minimum atomic E-state index is -0.695. The van der Waals surface area contributed by atoms with E-state index in [9.17, 15) is 4.79 Å². The number of nitrogens with zero attached hydrogens (tertiary/aromatic N) is 1. The zero-order valence-electron chi connectivity index (χ0n) is 18.0. The van der Waals surface area contributed by atoms with Crippen molar-refractivity contribution in [2.45, 2.75) is 31.6 Å². The lowest BCUT2D eigenvalue weighted by Crippen LogP contribution is -2.35. The third-order valence-electron chi connectivity index (χ3n) is 5.36. The molecule has 0 aromatic heterocycles. The zero-order chi connectivity index (χ0) is 21.5. The van der Waals surface area contributed by atoms with Crippen LogP contribution in [0, 0.1) is 5.41 Å². The average molecular weight is 447 g/mol. The van der Waals surface area contributed by atoms with Crippen LogP contribution in [-0.4, -0.2) is 50.0 Å². The van der Waals surface area contributed by atoms with Crippen LogP contribution in [-0.2, 0) is 16.1 Å². The Morgan fingerprint density at radius 3 is 2.32 bits per heavy atom. The summed E-state index contributed by atoms with van der Waals surface area (Å²) in [6, 6.07) is 14.8. The van der Waals surface area contributed by atoms with Crippen LogP contribution >= 0.6 is 12.4 Å². The van der Waals surface area contributed by atoms with Crippen molar-refractivity contribution in [3.05, 3.63) is 65.2 Å². The smallest absolute Gasteiger partial charge is 0.254 e. The highest BCUT2D eigenvalue weighted by molar-refractivity contribution is 5.94. The number of hydrogen-bond donors (Lipinski definition) is 3. The van der Waals surface area contributed by atoms with Gasteiger partial charge in [-0.3, -0.25) is 10.2 Å². The van der Waals surface area contributed by atoms with E-state index in [0.29, 0.717) is 12.1 Å². The van der Waals surface area contributed by atoms with Gasteiger partial charge < -0.3 is 25.4 Å². The van der Waals surface area contributed by atoms with E-state index in [2.05, 4.69) is 17.3 Å². The maximum absolute atomic E-state index is 12.6. The molecule has 0 saturated carbocycles. The van der Waals surface area contributed by atoms with Gasteiger partial charge in [0, 0.05) is 32.3 Å². The monoisotopic (exact) mass is 446 g/mol. The Bertz CT molecular complexity index is 850. The number of likely N-dealkylation sites (tertiary alicyclic amines) is 1. The molecule has 8 heteroatoms. The molecule has 1 fully saturated rings. The molecule has 31 heavy (non-hydrogen) atoms. The standard InChI is InChI=1S/C23H30N4O3.ClH/c1-27-13-11-20(12-14-27)30-19-9-7-17(8-10-19)21(29-2)23(28)26-15-16-3-5-18(6-4-16)22(24)25;/h3-10,20-21H,11-15H2,1-2H3,(H3,24,25)(H,26,28);1H/t21-;/m0./s1. The molecule has 2 aromatic rings. The second-order valence-electron chi connectivity index (χ2n) is 7.63. The number of carbonyl (C=O) groups excluding carboxylic acids is 1. The molecule has 168 valence electrons. The average Bonchev–Trinajstić information content (AvgIpc) is 2.76. The number of halogens is 1. The third-order valence-corrected chi connectivity index (χ3v) is 5.36. The lowest BCUT2D eigenvalue weighted by atomic mass is 10.1. The lowest BCUT2D eigenvalue weighted by Gasteiger charge is -2.29. The van der Waals surface area contributed by atoms with Crippen molar-refractivity contribution in [3.8, 4) is 5.75 Å². The first-order chi connectivity index (χ1) is 14.5. The SMILES string of the molecule is CO[C@H](C(=O)NCc1ccc(C(=N)N)cc1)c1ccc(OC2CCN(C)CC2)cc1.Cl. The van der Waals surface area contributed by atoms with Crippen LogP contribution in [0.15, 0.2) is 48.5 Å². The van der Waals surface area contributed by atoms with E-state index in [-0.39, 0.29) is 30.3 Å². The molecule has 1 aliphatic heterocycles. The minimum Gasteiger partial charge on any atom is -0.490 e. The zero-order valence-corrected chi connectivity index (χ0v) is 18.8.